The molecule has 0 aliphatic heterocycles. The van der Waals surface area contributed by atoms with Crippen LogP contribution < -0.4 is 5.11 Å². The third-order valence-electron chi connectivity index (χ3n) is 3.35. The van der Waals surface area contributed by atoms with Gasteiger partial charge in [0.25, 0.3) is 0 Å². The van der Waals surface area contributed by atoms with E-state index >= 15 is 0 Å². The number of quaternary nitrogens is 1. The van der Waals surface area contributed by atoms with Gasteiger partial charge in [0.2, 0.25) is 0 Å². The molecule has 6 heteroatoms. The number of ketones is 1. The van der Waals surface area contributed by atoms with E-state index in [2.05, 4.69) is 0 Å². The van der Waals surface area contributed by atoms with Crippen LogP contribution in [-0.4, -0.2) is 56.0 Å². The highest BCUT2D eigenvalue weighted by Gasteiger charge is 2.22. The summed E-state index contributed by atoms with van der Waals surface area (Å²) in [5.74, 6) is -1.35. The number of esters is 1. The van der Waals surface area contributed by atoms with E-state index in [0.29, 0.717) is 23.9 Å². The Morgan fingerprint density at radius 1 is 0.957 bits per heavy atom. The van der Waals surface area contributed by atoms with Crippen LogP contribution in [0.2, 0.25) is 0 Å². The minimum atomic E-state index is -1.21. The van der Waals surface area contributed by atoms with Gasteiger partial charge in [0.1, 0.15) is 12.3 Å². The number of carbonyl (C=O) groups is 3. The molecule has 0 saturated carbocycles. The Labute approximate surface area is 139 Å². The van der Waals surface area contributed by atoms with Crippen LogP contribution in [0.1, 0.15) is 58.3 Å². The zero-order chi connectivity index (χ0) is 17.9. The van der Waals surface area contributed by atoms with E-state index in [1.165, 1.54) is 0 Å². The standard InChI is InChI=1S/C17H31NO5/c1-14(19)10-8-6-5-7-9-11-17(22)23-15(12-16(20)21)13-18(2,3)4/h15H,5-13H2,1-4H3. The summed E-state index contributed by atoms with van der Waals surface area (Å²) < 4.78 is 5.79. The normalized spacial score (nSPS) is 12.7. The third-order valence-corrected chi connectivity index (χ3v) is 3.35. The van der Waals surface area contributed by atoms with Gasteiger partial charge in [0.05, 0.1) is 21.1 Å². The van der Waals surface area contributed by atoms with Crippen LogP contribution in [0.15, 0.2) is 0 Å². The van der Waals surface area contributed by atoms with E-state index in [9.17, 15) is 19.5 Å². The Morgan fingerprint density at radius 3 is 1.96 bits per heavy atom. The SMILES string of the molecule is CC(=O)CCCCCCCC(=O)OC(CC(=O)[O-])C[N+](C)(C)C. The van der Waals surface area contributed by atoms with Gasteiger partial charge in [-0.25, -0.2) is 0 Å². The van der Waals surface area contributed by atoms with Gasteiger partial charge in [-0.2, -0.15) is 0 Å². The second kappa shape index (κ2) is 11.2. The highest BCUT2D eigenvalue weighted by atomic mass is 16.5. The van der Waals surface area contributed by atoms with Crippen molar-refractivity contribution in [3.8, 4) is 0 Å². The Bertz CT molecular complexity index is 387. The topological polar surface area (TPSA) is 83.5 Å². The summed E-state index contributed by atoms with van der Waals surface area (Å²) in [4.78, 5) is 33.4. The monoisotopic (exact) mass is 329 g/mol. The molecular formula is C17H31NO5. The zero-order valence-corrected chi connectivity index (χ0v) is 14.9. The third kappa shape index (κ3) is 15.2. The first-order chi connectivity index (χ1) is 10.6. The van der Waals surface area contributed by atoms with Crippen molar-refractivity contribution in [3.05, 3.63) is 0 Å². The quantitative estimate of drug-likeness (QED) is 0.287. The molecular weight excluding hydrogens is 298 g/mol. The van der Waals surface area contributed by atoms with Gasteiger partial charge in [-0.05, 0) is 19.8 Å². The Balaban J connectivity index is 3.94. The average molecular weight is 329 g/mol. The molecule has 0 N–H and O–H groups in total. The van der Waals surface area contributed by atoms with Crippen LogP contribution in [0.4, 0.5) is 0 Å². The van der Waals surface area contributed by atoms with E-state index in [1.54, 1.807) is 6.92 Å². The number of unbranched alkanes of at least 4 members (excludes halogenated alkanes) is 4. The van der Waals surface area contributed by atoms with Gasteiger partial charge >= 0.3 is 5.97 Å². The summed E-state index contributed by atoms with van der Waals surface area (Å²) in [5, 5.41) is 10.8. The minimum absolute atomic E-state index is 0.213. The van der Waals surface area contributed by atoms with Crippen molar-refractivity contribution in [1.29, 1.82) is 0 Å². The predicted octanol–water partition coefficient (Wildman–Crippen LogP) is 1.06. The lowest BCUT2D eigenvalue weighted by Gasteiger charge is -2.29. The van der Waals surface area contributed by atoms with Crippen molar-refractivity contribution in [1.82, 2.24) is 0 Å². The Hall–Kier alpha value is -1.43. The largest absolute Gasteiger partial charge is 0.550 e. The molecule has 0 saturated heterocycles. The number of nitrogens with zero attached hydrogens (tertiary/aromatic N) is 1. The maximum atomic E-state index is 11.8. The maximum absolute atomic E-state index is 11.8. The lowest BCUT2D eigenvalue weighted by Crippen LogP contribution is -2.45. The summed E-state index contributed by atoms with van der Waals surface area (Å²) in [5.41, 5.74) is 0. The molecule has 0 fully saturated rings. The molecule has 0 aromatic rings. The van der Waals surface area contributed by atoms with Crippen LogP contribution in [0.5, 0.6) is 0 Å². The summed E-state index contributed by atoms with van der Waals surface area (Å²) in [6, 6.07) is 0. The molecule has 0 bridgehead atoms. The summed E-state index contributed by atoms with van der Waals surface area (Å²) >= 11 is 0. The van der Waals surface area contributed by atoms with Crippen LogP contribution >= 0.6 is 0 Å². The van der Waals surface area contributed by atoms with Gasteiger partial charge in [0.15, 0.2) is 6.10 Å². The molecule has 0 spiro atoms. The molecule has 0 aromatic carbocycles. The molecule has 1 atom stereocenters. The number of carboxylic acids is 1. The molecule has 0 rings (SSSR count). The molecule has 0 amide bonds. The number of hydrogen-bond acceptors (Lipinski definition) is 5. The number of likely N-dealkylation sites (N-methyl/N-ethyl adjacent to an activating group) is 1. The molecule has 0 radical (unpaired) electrons. The van der Waals surface area contributed by atoms with Crippen molar-refractivity contribution in [3.63, 3.8) is 0 Å². The lowest BCUT2D eigenvalue weighted by atomic mass is 10.1. The van der Waals surface area contributed by atoms with Crippen molar-refractivity contribution in [2.75, 3.05) is 27.7 Å². The summed E-state index contributed by atoms with van der Waals surface area (Å²) in [7, 11) is 5.74. The first-order valence-electron chi connectivity index (χ1n) is 8.29. The highest BCUT2D eigenvalue weighted by Crippen LogP contribution is 2.10. The molecule has 1 unspecified atom stereocenters. The molecule has 0 aliphatic carbocycles. The molecule has 0 heterocycles. The molecule has 6 nitrogen and oxygen atoms in total. The smallest absolute Gasteiger partial charge is 0.306 e. The van der Waals surface area contributed by atoms with Crippen molar-refractivity contribution >= 4 is 17.7 Å². The van der Waals surface area contributed by atoms with E-state index in [0.717, 1.165) is 32.1 Å². The van der Waals surface area contributed by atoms with Crippen molar-refractivity contribution in [2.24, 2.45) is 0 Å². The first kappa shape index (κ1) is 21.6. The molecule has 134 valence electrons. The van der Waals surface area contributed by atoms with E-state index in [4.69, 9.17) is 4.74 Å². The zero-order valence-electron chi connectivity index (χ0n) is 14.9. The lowest BCUT2D eigenvalue weighted by molar-refractivity contribution is -0.873. The maximum Gasteiger partial charge on any atom is 0.306 e. The van der Waals surface area contributed by atoms with E-state index in [1.807, 2.05) is 21.1 Å². The van der Waals surface area contributed by atoms with Crippen molar-refractivity contribution < 1.29 is 28.7 Å². The molecule has 0 aromatic heterocycles. The van der Waals surface area contributed by atoms with Gasteiger partial charge in [0, 0.05) is 25.2 Å². The molecule has 23 heavy (non-hydrogen) atoms. The highest BCUT2D eigenvalue weighted by molar-refractivity contribution is 5.75. The van der Waals surface area contributed by atoms with E-state index < -0.39 is 12.1 Å². The minimum Gasteiger partial charge on any atom is -0.550 e. The van der Waals surface area contributed by atoms with Crippen LogP contribution in [0, 0.1) is 0 Å². The van der Waals surface area contributed by atoms with Crippen LogP contribution in [0.3, 0.4) is 0 Å². The number of carboxylic acid groups (broad SMARTS) is 1. The summed E-state index contributed by atoms with van der Waals surface area (Å²) in [6.07, 6.45) is 4.51. The molecule has 0 aliphatic rings. The second-order valence-corrected chi connectivity index (χ2v) is 7.13. The van der Waals surface area contributed by atoms with Crippen LogP contribution in [0.25, 0.3) is 0 Å². The van der Waals surface area contributed by atoms with E-state index in [-0.39, 0.29) is 18.2 Å². The number of hydrogen-bond donors (Lipinski definition) is 0. The van der Waals surface area contributed by atoms with Gasteiger partial charge < -0.3 is 23.9 Å². The second-order valence-electron chi connectivity index (χ2n) is 7.13. The average Bonchev–Trinajstić information content (AvgIpc) is 2.34. The first-order valence-corrected chi connectivity index (χ1v) is 8.29. The van der Waals surface area contributed by atoms with Gasteiger partial charge in [-0.15, -0.1) is 0 Å². The number of Topliss-reactive ketones (excluding diaryl/α,β-unsaturated/α-hetero) is 1. The van der Waals surface area contributed by atoms with Crippen LogP contribution in [-0.2, 0) is 19.1 Å². The van der Waals surface area contributed by atoms with Gasteiger partial charge in [-0.3, -0.25) is 4.79 Å². The van der Waals surface area contributed by atoms with Crippen molar-refractivity contribution in [2.45, 2.75) is 64.4 Å². The number of ether oxygens (including phenoxy) is 1. The Kier molecular flexibility index (Phi) is 10.5. The number of rotatable bonds is 13. The fourth-order valence-electron chi connectivity index (χ4n) is 2.36. The fourth-order valence-corrected chi connectivity index (χ4v) is 2.36. The number of aliphatic carboxylic acids is 1. The van der Waals surface area contributed by atoms with Gasteiger partial charge in [-0.1, -0.05) is 19.3 Å². The number of carbonyl (C=O) groups excluding carboxylic acids is 3. The Morgan fingerprint density at radius 2 is 1.48 bits per heavy atom. The fraction of sp³-hybridized carbons (Fsp3) is 0.824. The predicted molar refractivity (Wildman–Crippen MR) is 85.4 cm³/mol. The summed E-state index contributed by atoms with van der Waals surface area (Å²) in [6.45, 7) is 2.03.